The summed E-state index contributed by atoms with van der Waals surface area (Å²) in [6.45, 7) is 10.9. The second-order valence-corrected chi connectivity index (χ2v) is 5.67. The van der Waals surface area contributed by atoms with Crippen molar-refractivity contribution in [2.45, 2.75) is 52.0 Å². The van der Waals surface area contributed by atoms with Gasteiger partial charge in [-0.3, -0.25) is 5.32 Å². The van der Waals surface area contributed by atoms with Crippen molar-refractivity contribution in [2.75, 3.05) is 26.2 Å². The van der Waals surface area contributed by atoms with Gasteiger partial charge in [0.15, 0.2) is 0 Å². The van der Waals surface area contributed by atoms with Crippen LogP contribution in [0.1, 0.15) is 46.5 Å². The maximum atomic E-state index is 9.26. The van der Waals surface area contributed by atoms with Gasteiger partial charge in [-0.2, -0.15) is 5.26 Å². The molecule has 0 aromatic rings. The Balaban J connectivity index is 2.34. The first-order valence-electron chi connectivity index (χ1n) is 6.98. The van der Waals surface area contributed by atoms with Crippen LogP contribution in [-0.4, -0.2) is 36.6 Å². The van der Waals surface area contributed by atoms with Crippen molar-refractivity contribution < 1.29 is 0 Å². The molecule has 2 atom stereocenters. The highest BCUT2D eigenvalue weighted by atomic mass is 15.1. The number of piperidine rings is 1. The molecule has 1 aliphatic rings. The Kier molecular flexibility index (Phi) is 5.94. The highest BCUT2D eigenvalue weighted by molar-refractivity contribution is 5.04. The number of nitrogens with one attached hydrogen (secondary N) is 1. The third-order valence-electron chi connectivity index (χ3n) is 3.68. The van der Waals surface area contributed by atoms with Gasteiger partial charge in [0.25, 0.3) is 0 Å². The minimum absolute atomic E-state index is 0.351. The Hall–Kier alpha value is -0.590. The minimum atomic E-state index is -0.351. The summed E-state index contributed by atoms with van der Waals surface area (Å²) in [6.07, 6.45) is 4.68. The Labute approximate surface area is 106 Å². The standard InChI is InChI=1S/C14H27N3/c1-4-8-16-14(3,12-15)7-10-17-9-5-6-13(2)11-17/h13,16H,4-11H2,1-3H3. The molecular weight excluding hydrogens is 210 g/mol. The van der Waals surface area contributed by atoms with Gasteiger partial charge in [-0.15, -0.1) is 0 Å². The average molecular weight is 237 g/mol. The van der Waals surface area contributed by atoms with E-state index < -0.39 is 0 Å². The number of likely N-dealkylation sites (tertiary alicyclic amines) is 1. The number of hydrogen-bond donors (Lipinski definition) is 1. The molecule has 0 bridgehead atoms. The molecule has 0 saturated carbocycles. The molecule has 3 nitrogen and oxygen atoms in total. The van der Waals surface area contributed by atoms with Crippen LogP contribution in [0.5, 0.6) is 0 Å². The molecule has 0 aromatic carbocycles. The van der Waals surface area contributed by atoms with Gasteiger partial charge in [0.1, 0.15) is 5.54 Å². The molecule has 2 unspecified atom stereocenters. The lowest BCUT2D eigenvalue weighted by molar-refractivity contribution is 0.171. The van der Waals surface area contributed by atoms with Crippen molar-refractivity contribution in [1.82, 2.24) is 10.2 Å². The molecule has 1 saturated heterocycles. The maximum absolute atomic E-state index is 9.26. The highest BCUT2D eigenvalue weighted by Crippen LogP contribution is 2.17. The molecule has 98 valence electrons. The van der Waals surface area contributed by atoms with Gasteiger partial charge < -0.3 is 4.90 Å². The van der Waals surface area contributed by atoms with E-state index in [4.69, 9.17) is 0 Å². The zero-order valence-electron chi connectivity index (χ0n) is 11.6. The molecule has 1 fully saturated rings. The highest BCUT2D eigenvalue weighted by Gasteiger charge is 2.24. The van der Waals surface area contributed by atoms with E-state index in [-0.39, 0.29) is 5.54 Å². The fourth-order valence-electron chi connectivity index (χ4n) is 2.46. The first-order valence-corrected chi connectivity index (χ1v) is 6.98. The lowest BCUT2D eigenvalue weighted by Gasteiger charge is -2.33. The third-order valence-corrected chi connectivity index (χ3v) is 3.68. The van der Waals surface area contributed by atoms with E-state index in [9.17, 15) is 5.26 Å². The summed E-state index contributed by atoms with van der Waals surface area (Å²) >= 11 is 0. The monoisotopic (exact) mass is 237 g/mol. The summed E-state index contributed by atoms with van der Waals surface area (Å²) in [6, 6.07) is 2.43. The summed E-state index contributed by atoms with van der Waals surface area (Å²) < 4.78 is 0. The summed E-state index contributed by atoms with van der Waals surface area (Å²) in [5, 5.41) is 12.6. The molecule has 1 N–H and O–H groups in total. The van der Waals surface area contributed by atoms with E-state index in [1.165, 1.54) is 25.9 Å². The largest absolute Gasteiger partial charge is 0.303 e. The Morgan fingerprint density at radius 3 is 2.88 bits per heavy atom. The SMILES string of the molecule is CCCNC(C)(C#N)CCN1CCCC(C)C1. The normalized spacial score (nSPS) is 25.2. The predicted octanol–water partition coefficient (Wildman–Crippen LogP) is 2.39. The maximum Gasteiger partial charge on any atom is 0.105 e. The fourth-order valence-corrected chi connectivity index (χ4v) is 2.46. The Morgan fingerprint density at radius 2 is 2.29 bits per heavy atom. The Bertz CT molecular complexity index is 259. The molecule has 0 radical (unpaired) electrons. The van der Waals surface area contributed by atoms with E-state index in [0.717, 1.165) is 31.8 Å². The van der Waals surface area contributed by atoms with E-state index >= 15 is 0 Å². The van der Waals surface area contributed by atoms with Gasteiger partial charge in [-0.25, -0.2) is 0 Å². The molecule has 1 heterocycles. The molecule has 0 spiro atoms. The van der Waals surface area contributed by atoms with E-state index in [1.807, 2.05) is 6.92 Å². The second-order valence-electron chi connectivity index (χ2n) is 5.67. The van der Waals surface area contributed by atoms with Crippen LogP contribution in [0.4, 0.5) is 0 Å². The van der Waals surface area contributed by atoms with Gasteiger partial charge >= 0.3 is 0 Å². The van der Waals surface area contributed by atoms with Crippen LogP contribution in [-0.2, 0) is 0 Å². The fraction of sp³-hybridized carbons (Fsp3) is 0.929. The minimum Gasteiger partial charge on any atom is -0.303 e. The van der Waals surface area contributed by atoms with Crippen LogP contribution in [0.25, 0.3) is 0 Å². The second kappa shape index (κ2) is 6.98. The lowest BCUT2D eigenvalue weighted by Crippen LogP contribution is -2.45. The molecule has 0 aliphatic carbocycles. The third kappa shape index (κ3) is 5.06. The van der Waals surface area contributed by atoms with Crippen LogP contribution in [0, 0.1) is 17.2 Å². The first-order chi connectivity index (χ1) is 8.09. The Morgan fingerprint density at radius 1 is 1.53 bits per heavy atom. The van der Waals surface area contributed by atoms with Crippen molar-refractivity contribution in [2.24, 2.45) is 5.92 Å². The molecule has 0 aromatic heterocycles. The molecular formula is C14H27N3. The van der Waals surface area contributed by atoms with Crippen molar-refractivity contribution >= 4 is 0 Å². The molecule has 1 aliphatic heterocycles. The van der Waals surface area contributed by atoms with Gasteiger partial charge in [0.05, 0.1) is 6.07 Å². The summed E-state index contributed by atoms with van der Waals surface area (Å²) in [4.78, 5) is 2.51. The summed E-state index contributed by atoms with van der Waals surface area (Å²) in [7, 11) is 0. The van der Waals surface area contributed by atoms with Crippen LogP contribution < -0.4 is 5.32 Å². The quantitative estimate of drug-likeness (QED) is 0.771. The van der Waals surface area contributed by atoms with Gasteiger partial charge in [0.2, 0.25) is 0 Å². The van der Waals surface area contributed by atoms with Gasteiger partial charge in [0, 0.05) is 13.1 Å². The smallest absolute Gasteiger partial charge is 0.105 e. The van der Waals surface area contributed by atoms with E-state index in [2.05, 4.69) is 30.1 Å². The zero-order chi connectivity index (χ0) is 12.7. The van der Waals surface area contributed by atoms with Gasteiger partial charge in [-0.1, -0.05) is 13.8 Å². The van der Waals surface area contributed by atoms with Crippen molar-refractivity contribution in [3.8, 4) is 6.07 Å². The van der Waals surface area contributed by atoms with Crippen LogP contribution in [0.2, 0.25) is 0 Å². The zero-order valence-corrected chi connectivity index (χ0v) is 11.6. The van der Waals surface area contributed by atoms with Gasteiger partial charge in [-0.05, 0) is 51.6 Å². The predicted molar refractivity (Wildman–Crippen MR) is 71.8 cm³/mol. The number of nitriles is 1. The molecule has 3 heteroatoms. The lowest BCUT2D eigenvalue weighted by atomic mass is 9.96. The number of rotatable bonds is 6. The van der Waals surface area contributed by atoms with Crippen LogP contribution >= 0.6 is 0 Å². The number of nitrogens with zero attached hydrogens (tertiary/aromatic N) is 2. The van der Waals surface area contributed by atoms with Crippen molar-refractivity contribution in [1.29, 1.82) is 5.26 Å². The van der Waals surface area contributed by atoms with Crippen LogP contribution in [0.3, 0.4) is 0 Å². The summed E-state index contributed by atoms with van der Waals surface area (Å²) in [5.74, 6) is 0.820. The summed E-state index contributed by atoms with van der Waals surface area (Å²) in [5.41, 5.74) is -0.351. The van der Waals surface area contributed by atoms with Crippen molar-refractivity contribution in [3.63, 3.8) is 0 Å². The van der Waals surface area contributed by atoms with Crippen LogP contribution in [0.15, 0.2) is 0 Å². The number of hydrogen-bond acceptors (Lipinski definition) is 3. The molecule has 17 heavy (non-hydrogen) atoms. The first kappa shape index (κ1) is 14.5. The van der Waals surface area contributed by atoms with E-state index in [1.54, 1.807) is 0 Å². The van der Waals surface area contributed by atoms with E-state index in [0.29, 0.717) is 0 Å². The average Bonchev–Trinajstić information content (AvgIpc) is 2.34. The molecule has 0 amide bonds. The topological polar surface area (TPSA) is 39.1 Å². The van der Waals surface area contributed by atoms with Crippen molar-refractivity contribution in [3.05, 3.63) is 0 Å². The molecule has 1 rings (SSSR count).